The van der Waals surface area contributed by atoms with Gasteiger partial charge in [0.25, 0.3) is 0 Å². The Morgan fingerprint density at radius 2 is 0.782 bits per heavy atom. The van der Waals surface area contributed by atoms with Crippen LogP contribution < -0.4 is 0 Å². The molecule has 2 rings (SSSR count). The van der Waals surface area contributed by atoms with Crippen molar-refractivity contribution in [1.82, 2.24) is 0 Å². The fourth-order valence-corrected chi connectivity index (χ4v) is 7.68. The van der Waals surface area contributed by atoms with Crippen molar-refractivity contribution in [3.8, 4) is 0 Å². The summed E-state index contributed by atoms with van der Waals surface area (Å²) < 4.78 is 307. The molecular weight excluding hydrogens is 961 g/mol. The minimum atomic E-state index is -6.24. The fraction of sp³-hybridized carbons (Fsp3) is 1.00. The van der Waals surface area contributed by atoms with Crippen LogP contribution >= 0.6 is 0 Å². The zero-order valence-electron chi connectivity index (χ0n) is 25.1. The average Bonchev–Trinajstić information content (AvgIpc) is 3.15. The lowest BCUT2D eigenvalue weighted by Gasteiger charge is -2.45. The zero-order chi connectivity index (χ0) is 43.0. The molecule has 0 amide bonds. The molecule has 0 saturated carbocycles. The van der Waals surface area contributed by atoms with Gasteiger partial charge in [-0.05, 0) is 0 Å². The van der Waals surface area contributed by atoms with Crippen molar-refractivity contribution in [2.45, 2.75) is 54.8 Å². The molecular formula is C12H22O35S8. The molecule has 8 N–H and O–H groups in total. The molecule has 9 atom stereocenters. The second-order valence-electron chi connectivity index (χ2n) is 9.64. The van der Waals surface area contributed by atoms with Gasteiger partial charge in [-0.25, -0.2) is 33.5 Å². The number of rotatable bonds is 21. The molecule has 0 aromatic heterocycles. The van der Waals surface area contributed by atoms with E-state index in [1.807, 2.05) is 0 Å². The topological polar surface area (TPSA) is 536 Å². The zero-order valence-corrected chi connectivity index (χ0v) is 31.6. The molecule has 0 bridgehead atoms. The van der Waals surface area contributed by atoms with Gasteiger partial charge in [0.1, 0.15) is 37.1 Å². The van der Waals surface area contributed by atoms with Crippen molar-refractivity contribution in [3.05, 3.63) is 0 Å². The van der Waals surface area contributed by atoms with Gasteiger partial charge < -0.3 is 14.2 Å². The van der Waals surface area contributed by atoms with Gasteiger partial charge in [0.15, 0.2) is 18.5 Å². The molecule has 2 saturated heterocycles. The molecule has 0 aromatic rings. The lowest BCUT2D eigenvalue weighted by molar-refractivity contribution is -0.374. The van der Waals surface area contributed by atoms with E-state index in [2.05, 4.69) is 33.5 Å². The van der Waals surface area contributed by atoms with Crippen LogP contribution in [0.4, 0.5) is 0 Å². The number of hydrogen-bond donors (Lipinski definition) is 8. The lowest BCUT2D eigenvalue weighted by atomic mass is 9.99. The largest absolute Gasteiger partial charge is 0.397 e. The first-order valence-corrected chi connectivity index (χ1v) is 23.2. The number of hydrogen-bond acceptors (Lipinski definition) is 27. The van der Waals surface area contributed by atoms with E-state index >= 15 is 0 Å². The van der Waals surface area contributed by atoms with E-state index in [4.69, 9.17) is 23.3 Å². The van der Waals surface area contributed by atoms with E-state index in [1.165, 1.54) is 0 Å². The maximum Gasteiger partial charge on any atom is 0.397 e. The number of ether oxygens (including phenoxy) is 3. The Bertz CT molecular complexity index is 2280. The van der Waals surface area contributed by atoms with Crippen LogP contribution in [0.1, 0.15) is 0 Å². The predicted molar refractivity (Wildman–Crippen MR) is 152 cm³/mol. The molecule has 0 spiro atoms. The summed E-state index contributed by atoms with van der Waals surface area (Å²) in [4.78, 5) is 0. The van der Waals surface area contributed by atoms with Crippen LogP contribution in [0.15, 0.2) is 0 Å². The van der Waals surface area contributed by atoms with Gasteiger partial charge in [0.2, 0.25) is 5.79 Å². The lowest BCUT2D eigenvalue weighted by Crippen LogP contribution is -2.65. The summed E-state index contributed by atoms with van der Waals surface area (Å²) in [5.41, 5.74) is 0. The smallest absolute Gasteiger partial charge is 0.341 e. The van der Waals surface area contributed by atoms with Crippen molar-refractivity contribution in [3.63, 3.8) is 0 Å². The highest BCUT2D eigenvalue weighted by atomic mass is 32.3. The van der Waals surface area contributed by atoms with Gasteiger partial charge in [-0.1, -0.05) is 0 Å². The third-order valence-corrected chi connectivity index (χ3v) is 9.28. The first kappa shape index (κ1) is 50.0. The molecule has 0 aromatic carbocycles. The summed E-state index contributed by atoms with van der Waals surface area (Å²) in [7, 11) is -48.3. The van der Waals surface area contributed by atoms with Crippen molar-refractivity contribution in [2.75, 3.05) is 19.8 Å². The van der Waals surface area contributed by atoms with Gasteiger partial charge >= 0.3 is 83.2 Å². The van der Waals surface area contributed by atoms with Crippen LogP contribution in [-0.2, 0) is 131 Å². The molecule has 0 aliphatic carbocycles. The van der Waals surface area contributed by atoms with Gasteiger partial charge in [0, 0.05) is 0 Å². The van der Waals surface area contributed by atoms with Gasteiger partial charge in [-0.3, -0.25) is 36.4 Å². The Morgan fingerprint density at radius 1 is 0.418 bits per heavy atom. The van der Waals surface area contributed by atoms with Crippen LogP contribution in [0.2, 0.25) is 0 Å². The fourth-order valence-electron chi connectivity index (χ4n) is 4.24. The van der Waals surface area contributed by atoms with Crippen molar-refractivity contribution in [1.29, 1.82) is 0 Å². The summed E-state index contributed by atoms with van der Waals surface area (Å²) in [5, 5.41) is 0. The van der Waals surface area contributed by atoms with Crippen molar-refractivity contribution in [2.24, 2.45) is 0 Å². The minimum Gasteiger partial charge on any atom is -0.341 e. The third kappa shape index (κ3) is 18.1. The van der Waals surface area contributed by atoms with Crippen LogP contribution in [0, 0.1) is 0 Å². The Morgan fingerprint density at radius 3 is 1.18 bits per heavy atom. The standard InChI is InChI=1S/C12H22O35S8/c13-48(14,15)37-1-4-6(43-51(22,23)24)8(45-53(28,29)30)9(46-54(31,32)33)11(40-4)42-12(3-39-50(19,20)21)10(47-55(34,35)36)7(44-52(25,26)27)5(41-12)2-38-49(16,17)18/h4-11H,1-3H2,(H,13,14,15)(H,16,17,18)(H,19,20,21)(H,22,23,24)(H,25,26,27)(H,28,29,30)(H,31,32,33)(H,34,35,36)/t4-,5-,6-,7-,8+,9-,10-,11-,12+/m1/s1. The molecule has 328 valence electrons. The molecule has 0 radical (unpaired) electrons. The van der Waals surface area contributed by atoms with Crippen molar-refractivity contribution < 1.29 is 151 Å². The highest BCUT2D eigenvalue weighted by molar-refractivity contribution is 7.82. The third-order valence-electron chi connectivity index (χ3n) is 5.68. The van der Waals surface area contributed by atoms with Gasteiger partial charge in [-0.15, -0.1) is 0 Å². The van der Waals surface area contributed by atoms with E-state index in [0.29, 0.717) is 0 Å². The highest BCUT2D eigenvalue weighted by Crippen LogP contribution is 2.42. The summed E-state index contributed by atoms with van der Waals surface area (Å²) in [6, 6.07) is 0. The van der Waals surface area contributed by atoms with E-state index < -0.39 is 158 Å². The van der Waals surface area contributed by atoms with Crippen LogP contribution in [0.25, 0.3) is 0 Å². The van der Waals surface area contributed by atoms with Gasteiger partial charge in [-0.2, -0.15) is 67.3 Å². The maximum atomic E-state index is 11.9. The summed E-state index contributed by atoms with van der Waals surface area (Å²) >= 11 is 0. The normalized spacial score (nSPS) is 30.7. The van der Waals surface area contributed by atoms with E-state index in [-0.39, 0.29) is 0 Å². The SMILES string of the molecule is O=S(=O)(O)OC[C@H]1O[C@H](O[C@]2(COS(=O)(=O)O)O[C@H](COS(=O)(=O)O)[C@@H](OS(=O)(=O)O)[C@H]2OS(=O)(=O)O)[C@H](OS(=O)(=O)O)[C@@H](OS(=O)(=O)O)[C@@H]1OS(=O)(=O)O. The molecule has 55 heavy (non-hydrogen) atoms. The maximum absolute atomic E-state index is 11.9. The van der Waals surface area contributed by atoms with Crippen molar-refractivity contribution >= 4 is 83.2 Å². The minimum absolute atomic E-state index is 1.92. The molecule has 43 heteroatoms. The van der Waals surface area contributed by atoms with E-state index in [1.54, 1.807) is 0 Å². The molecule has 2 aliphatic rings. The first-order valence-electron chi connectivity index (χ1n) is 12.3. The van der Waals surface area contributed by atoms with Crippen LogP contribution in [0.5, 0.6) is 0 Å². The molecule has 35 nitrogen and oxygen atoms in total. The molecule has 0 unspecified atom stereocenters. The Labute approximate surface area is 308 Å². The summed E-state index contributed by atoms with van der Waals surface area (Å²) in [6.07, 6.45) is -26.0. The molecule has 2 heterocycles. The Balaban J connectivity index is 3.07. The van der Waals surface area contributed by atoms with E-state index in [9.17, 15) is 94.7 Å². The second-order valence-corrected chi connectivity index (χ2v) is 18.2. The summed E-state index contributed by atoms with van der Waals surface area (Å²) in [6.45, 7) is -6.25. The summed E-state index contributed by atoms with van der Waals surface area (Å²) in [5.74, 6) is -4.12. The van der Waals surface area contributed by atoms with E-state index in [0.717, 1.165) is 0 Å². The van der Waals surface area contributed by atoms with Crippen LogP contribution in [-0.4, -0.2) is 178 Å². The predicted octanol–water partition coefficient (Wildman–Crippen LogP) is -6.78. The molecule has 2 fully saturated rings. The molecule has 2 aliphatic heterocycles. The monoisotopic (exact) mass is 982 g/mol. The quantitative estimate of drug-likeness (QED) is 0.0496. The van der Waals surface area contributed by atoms with Gasteiger partial charge in [0.05, 0.1) is 13.2 Å². The highest BCUT2D eigenvalue weighted by Gasteiger charge is 2.65. The Hall–Kier alpha value is -1.16. The van der Waals surface area contributed by atoms with Crippen LogP contribution in [0.3, 0.4) is 0 Å². The first-order chi connectivity index (χ1) is 24.2. The Kier molecular flexibility index (Phi) is 15.6. The second kappa shape index (κ2) is 17.2. The average molecular weight is 983 g/mol.